The monoisotopic (exact) mass is 1450 g/mol. The molecule has 0 amide bonds. The number of benzene rings is 15. The second kappa shape index (κ2) is 25.6. The van der Waals surface area contributed by atoms with E-state index in [1.54, 1.807) is 24.3 Å². The van der Waals surface area contributed by atoms with Crippen LogP contribution in [0.4, 0.5) is 34.1 Å². The van der Waals surface area contributed by atoms with Crippen LogP contribution in [0.15, 0.2) is 347 Å². The van der Waals surface area contributed by atoms with Crippen LogP contribution in [0.2, 0.25) is 0 Å². The van der Waals surface area contributed by atoms with Gasteiger partial charge in [-0.3, -0.25) is 0 Å². The summed E-state index contributed by atoms with van der Waals surface area (Å²) >= 11 is 2.30. The van der Waals surface area contributed by atoms with Crippen LogP contribution in [-0.4, -0.2) is 18.0 Å². The first-order valence-electron chi connectivity index (χ1n) is 46.0. The fourth-order valence-electron chi connectivity index (χ4n) is 16.4. The van der Waals surface area contributed by atoms with Crippen LogP contribution in [0.1, 0.15) is 104 Å². The first-order valence-corrected chi connectivity index (χ1v) is 38.6. The maximum absolute atomic E-state index is 12.1. The molecule has 0 saturated carbocycles. The van der Waals surface area contributed by atoms with Gasteiger partial charge in [0, 0.05) is 81.0 Å². The smallest absolute Gasteiger partial charge is 0.253 e. The fourth-order valence-corrected chi connectivity index (χ4v) is 18.8. The lowest BCUT2D eigenvalue weighted by molar-refractivity contribution is 0.590. The highest BCUT2D eigenvalue weighted by atomic mass is 32.2. The highest BCUT2D eigenvalue weighted by Crippen LogP contribution is 2.57. The second-order valence-electron chi connectivity index (χ2n) is 31.7. The molecule has 15 aromatic carbocycles. The Bertz CT molecular complexity index is 7270. The molecule has 109 heavy (non-hydrogen) atoms. The summed E-state index contributed by atoms with van der Waals surface area (Å²) in [6, 6.07) is 62.7. The molecule has 5 heterocycles. The Hall–Kier alpha value is -11.5. The third kappa shape index (κ3) is 11.0. The maximum Gasteiger partial charge on any atom is 0.253 e. The van der Waals surface area contributed by atoms with Crippen LogP contribution in [0, 0.1) is 0 Å². The van der Waals surface area contributed by atoms with Gasteiger partial charge in [0.25, 0.3) is 6.71 Å². The van der Waals surface area contributed by atoms with Crippen LogP contribution in [0.3, 0.4) is 0 Å². The second-order valence-corrected chi connectivity index (χ2v) is 33.7. The summed E-state index contributed by atoms with van der Waals surface area (Å²) in [7, 11) is 0. The predicted molar refractivity (Wildman–Crippen MR) is 469 cm³/mol. The van der Waals surface area contributed by atoms with Crippen molar-refractivity contribution >= 4 is 126 Å². The summed E-state index contributed by atoms with van der Waals surface area (Å²) in [5.74, 6) is 0. The third-order valence-electron chi connectivity index (χ3n) is 21.8. The van der Waals surface area contributed by atoms with E-state index >= 15 is 0 Å². The molecule has 0 radical (unpaired) electrons. The molecule has 3 nitrogen and oxygen atoms in total. The van der Waals surface area contributed by atoms with Gasteiger partial charge in [-0.05, 0) is 178 Å². The summed E-state index contributed by atoms with van der Waals surface area (Å²) < 4.78 is 189. The lowest BCUT2D eigenvalue weighted by Crippen LogP contribution is -2.65. The number of hydrogen-bond acceptors (Lipinski definition) is 4. The Morgan fingerprint density at radius 1 is 0.303 bits per heavy atom. The van der Waals surface area contributed by atoms with Crippen molar-refractivity contribution in [2.45, 2.75) is 98.1 Å². The minimum Gasteiger partial charge on any atom is -0.310 e. The molecule has 1 aromatic heterocycles. The lowest BCUT2D eigenvalue weighted by atomic mass is 9.31. The van der Waals surface area contributed by atoms with Gasteiger partial charge in [0.15, 0.2) is 0 Å². The zero-order valence-corrected chi connectivity index (χ0v) is 63.2. The van der Waals surface area contributed by atoms with E-state index < -0.39 is 102 Å². The lowest BCUT2D eigenvalue weighted by Gasteiger charge is -2.48. The molecule has 16 aromatic rings. The van der Waals surface area contributed by atoms with Crippen molar-refractivity contribution in [3.8, 4) is 72.4 Å². The topological polar surface area (TPSA) is 11.4 Å². The Balaban J connectivity index is 1.07. The molecule has 0 spiro atoms. The van der Waals surface area contributed by atoms with Crippen LogP contribution in [0.5, 0.6) is 0 Å². The number of anilines is 6. The summed E-state index contributed by atoms with van der Waals surface area (Å²) in [4.78, 5) is 5.42. The van der Waals surface area contributed by atoms with Crippen molar-refractivity contribution in [1.82, 2.24) is 4.57 Å². The SMILES string of the molecule is [2H]c1c([2H])c(-c2ccccc2)c([2H])c2c1B1c3c([2H])c([2H])c(-c4ccccc4)c([2H])c3Sc3c1c(c([2H])c1c3B3c4c(cc(C(C)(C)C)cc4N1c1c(-c4ccccc4)cc(C(C)(C)C)cc1-c1ccccc1)N(c1c(-c4ccccc4)cc(C(C)(C)C)cc1-c1ccccc1)c1c([2H])c(-n4c5c([2H])c([2H])c([2H])c([2H])c5c5c([2H])c([2H])c([2H])c([2H])c54)c([2H])c([2H])c13)S2. The predicted octanol–water partition coefficient (Wildman–Crippen LogP) is 24.2. The van der Waals surface area contributed by atoms with Gasteiger partial charge in [-0.2, -0.15) is 0 Å². The molecular weight excluding hydrogens is 1350 g/mol. The van der Waals surface area contributed by atoms with Gasteiger partial charge in [0.05, 0.1) is 47.1 Å². The number of aromatic nitrogens is 1. The van der Waals surface area contributed by atoms with E-state index in [0.29, 0.717) is 71.2 Å². The molecule has 0 fully saturated rings. The number of para-hydroxylation sites is 2. The van der Waals surface area contributed by atoms with E-state index in [9.17, 15) is 24.7 Å². The Labute approximate surface area is 675 Å². The first kappa shape index (κ1) is 50.2. The minimum absolute atomic E-state index is 0.0164. The van der Waals surface area contributed by atoms with E-state index in [1.807, 2.05) is 138 Å². The molecule has 4 aliphatic heterocycles. The molecule has 0 saturated heterocycles. The number of hydrogen-bond donors (Lipinski definition) is 0. The van der Waals surface area contributed by atoms with Crippen LogP contribution < -0.4 is 42.6 Å². The van der Waals surface area contributed by atoms with Crippen LogP contribution in [-0.2, 0) is 16.2 Å². The summed E-state index contributed by atoms with van der Waals surface area (Å²) in [6.07, 6.45) is 0. The van der Waals surface area contributed by atoms with Crippen LogP contribution in [0.25, 0.3) is 94.3 Å². The summed E-state index contributed by atoms with van der Waals surface area (Å²) in [6.45, 7) is 16.6. The van der Waals surface area contributed by atoms with Crippen LogP contribution >= 0.6 is 23.5 Å². The molecular formula is C102H81B2N3S2. The van der Waals surface area contributed by atoms with Gasteiger partial charge < -0.3 is 14.4 Å². The zero-order chi connectivity index (χ0) is 89.4. The number of rotatable bonds is 9. The summed E-state index contributed by atoms with van der Waals surface area (Å²) in [5, 5.41) is -0.597. The van der Waals surface area contributed by atoms with Crippen molar-refractivity contribution in [3.05, 3.63) is 344 Å². The molecule has 0 unspecified atom stereocenters. The van der Waals surface area contributed by atoms with Gasteiger partial charge in [0.2, 0.25) is 6.71 Å². The zero-order valence-electron chi connectivity index (χ0n) is 79.6. The molecule has 0 N–H and O–H groups in total. The quantitative estimate of drug-likeness (QED) is 0.133. The van der Waals surface area contributed by atoms with Crippen molar-refractivity contribution in [3.63, 3.8) is 0 Å². The highest BCUT2D eigenvalue weighted by molar-refractivity contribution is 8.01. The minimum atomic E-state index is -1.41. The van der Waals surface area contributed by atoms with Gasteiger partial charge in [-0.1, -0.05) is 345 Å². The molecule has 20 rings (SSSR count). The Morgan fingerprint density at radius 2 is 0.679 bits per heavy atom. The van der Waals surface area contributed by atoms with E-state index in [1.165, 1.54) is 16.3 Å². The number of nitrogens with zero attached hydrogens (tertiary/aromatic N) is 3. The van der Waals surface area contributed by atoms with Crippen molar-refractivity contribution in [2.75, 3.05) is 9.80 Å². The molecule has 522 valence electrons. The fraction of sp³-hybridized carbons (Fsp3) is 0.118. The summed E-state index contributed by atoms with van der Waals surface area (Å²) in [5.41, 5.74) is 10.9. The normalized spacial score (nSPS) is 15.7. The van der Waals surface area contributed by atoms with Crippen molar-refractivity contribution in [1.29, 1.82) is 0 Å². The van der Waals surface area contributed by atoms with Gasteiger partial charge in [-0.25, -0.2) is 0 Å². The van der Waals surface area contributed by atoms with Gasteiger partial charge in [0.1, 0.15) is 0 Å². The van der Waals surface area contributed by atoms with E-state index in [4.69, 9.17) is 0 Å². The van der Waals surface area contributed by atoms with Crippen molar-refractivity contribution < 1.29 is 24.7 Å². The average Bonchev–Trinajstić information content (AvgIpc) is 0.759. The van der Waals surface area contributed by atoms with E-state index in [0.717, 1.165) is 61.8 Å². The number of fused-ring (bicyclic) bond motifs is 12. The third-order valence-corrected chi connectivity index (χ3v) is 24.1. The Kier molecular flexibility index (Phi) is 11.8. The van der Waals surface area contributed by atoms with Crippen molar-refractivity contribution in [2.24, 2.45) is 0 Å². The highest BCUT2D eigenvalue weighted by Gasteiger charge is 2.51. The average molecular weight is 1450 g/mol. The van der Waals surface area contributed by atoms with Gasteiger partial charge >= 0.3 is 0 Å². The van der Waals surface area contributed by atoms with E-state index in [2.05, 4.69) is 128 Å². The maximum atomic E-state index is 12.1. The molecule has 4 aliphatic rings. The molecule has 0 atom stereocenters. The standard InChI is InChI=1S/C102H81B2N3S2/c1-100(2,3)72-56-78(66-36-20-12-21-37-66)97(79(57-72)67-38-22-13-23-39-67)106-87-62-75(105-85-46-30-28-44-76(85)77-45-29-31-47-86(77)105)50-53-82(87)104-94-88(106)60-74(102(7,8)9)61-89(94)107(98-80(68-40-24-14-25-41-68)58-73(101(4,5)6)59-81(98)69-42-26-15-27-43-69)90-63-93-96-99(95(90)104)109-92-55-71(65-34-18-11-19-35-65)49-52-84(92)103(96)83-51-48-70(54-91(83)108-93)64-32-16-10-17-33-64/h10-63H,1-9H3/i28D,29D,30D,31D,44D,45D,46D,47D,48D,49D,50D,51D,52D,53D,54D,55D,62D,63D. The molecule has 7 heteroatoms. The molecule has 0 bridgehead atoms. The first-order chi connectivity index (χ1) is 60.5. The van der Waals surface area contributed by atoms with Gasteiger partial charge in [-0.15, -0.1) is 0 Å². The van der Waals surface area contributed by atoms with E-state index in [-0.39, 0.29) is 113 Å². The Morgan fingerprint density at radius 3 is 1.10 bits per heavy atom. The molecule has 0 aliphatic carbocycles. The largest absolute Gasteiger partial charge is 0.310 e.